The number of ether oxygens (including phenoxy) is 3. The quantitative estimate of drug-likeness (QED) is 0.489. The number of para-hydroxylation sites is 1. The van der Waals surface area contributed by atoms with Gasteiger partial charge in [-0.3, -0.25) is 4.79 Å². The molecule has 1 atom stereocenters. The monoisotopic (exact) mass is 440 g/mol. The van der Waals surface area contributed by atoms with Crippen LogP contribution in [0.25, 0.3) is 10.2 Å². The fourth-order valence-electron chi connectivity index (χ4n) is 3.71. The minimum atomic E-state index is -0.151. The van der Waals surface area contributed by atoms with Crippen molar-refractivity contribution < 1.29 is 19.0 Å². The highest BCUT2D eigenvalue weighted by Crippen LogP contribution is 2.27. The van der Waals surface area contributed by atoms with Crippen molar-refractivity contribution >= 4 is 33.1 Å². The Labute approximate surface area is 186 Å². The zero-order valence-electron chi connectivity index (χ0n) is 18.0. The van der Waals surface area contributed by atoms with Crippen LogP contribution in [0.5, 0.6) is 5.75 Å². The van der Waals surface area contributed by atoms with Gasteiger partial charge in [0.1, 0.15) is 17.4 Å². The largest absolute Gasteiger partial charge is 0.486 e. The average molecular weight is 441 g/mol. The van der Waals surface area contributed by atoms with E-state index in [1.54, 1.807) is 23.2 Å². The number of hydrogen-bond donors (Lipinski definition) is 0. The highest BCUT2D eigenvalue weighted by atomic mass is 32.1. The van der Waals surface area contributed by atoms with Crippen molar-refractivity contribution in [3.05, 3.63) is 53.0 Å². The van der Waals surface area contributed by atoms with E-state index >= 15 is 0 Å². The number of amides is 1. The predicted octanol–water partition coefficient (Wildman–Crippen LogP) is 5.08. The van der Waals surface area contributed by atoms with Gasteiger partial charge >= 0.3 is 0 Å². The maximum atomic E-state index is 12.3. The lowest BCUT2D eigenvalue weighted by Gasteiger charge is -2.26. The molecule has 1 amide bonds. The normalized spacial score (nSPS) is 16.4. The summed E-state index contributed by atoms with van der Waals surface area (Å²) in [5, 5.41) is 0.940. The summed E-state index contributed by atoms with van der Waals surface area (Å²) >= 11 is 1.64. The van der Waals surface area contributed by atoms with Gasteiger partial charge in [0.2, 0.25) is 5.91 Å². The second kappa shape index (κ2) is 10.2. The van der Waals surface area contributed by atoms with E-state index < -0.39 is 0 Å². The second-order valence-electron chi connectivity index (χ2n) is 7.65. The molecule has 3 aromatic rings. The van der Waals surface area contributed by atoms with Gasteiger partial charge in [0, 0.05) is 25.8 Å². The van der Waals surface area contributed by atoms with E-state index in [9.17, 15) is 4.79 Å². The first-order valence-electron chi connectivity index (χ1n) is 10.7. The first-order valence-corrected chi connectivity index (χ1v) is 11.5. The topological polar surface area (TPSA) is 60.9 Å². The first kappa shape index (κ1) is 21.7. The molecule has 7 heteroatoms. The molecule has 0 saturated carbocycles. The number of thiazole rings is 1. The van der Waals surface area contributed by atoms with E-state index in [4.69, 9.17) is 14.2 Å². The molecule has 0 radical (unpaired) electrons. The van der Waals surface area contributed by atoms with Crippen LogP contribution in [-0.4, -0.2) is 36.9 Å². The smallest absolute Gasteiger partial charge is 0.223 e. The molecule has 2 aromatic carbocycles. The highest BCUT2D eigenvalue weighted by Gasteiger charge is 2.18. The zero-order valence-corrected chi connectivity index (χ0v) is 18.8. The molecule has 0 N–H and O–H groups in total. The average Bonchev–Trinajstić information content (AvgIpc) is 3.19. The molecular formula is C24H28N2O4S. The summed E-state index contributed by atoms with van der Waals surface area (Å²) in [6.07, 6.45) is 2.98. The Morgan fingerprint density at radius 2 is 2.13 bits per heavy atom. The van der Waals surface area contributed by atoms with E-state index in [1.165, 1.54) is 0 Å². The third-order valence-corrected chi connectivity index (χ3v) is 6.31. The van der Waals surface area contributed by atoms with Crippen molar-refractivity contribution in [2.24, 2.45) is 0 Å². The van der Waals surface area contributed by atoms with Crippen molar-refractivity contribution in [3.63, 3.8) is 0 Å². The van der Waals surface area contributed by atoms with E-state index in [2.05, 4.69) is 11.1 Å². The summed E-state index contributed by atoms with van der Waals surface area (Å²) < 4.78 is 18.5. The molecule has 1 aliphatic heterocycles. The second-order valence-corrected chi connectivity index (χ2v) is 8.77. The highest BCUT2D eigenvalue weighted by molar-refractivity contribution is 7.18. The molecule has 1 aromatic heterocycles. The lowest BCUT2D eigenvalue weighted by Crippen LogP contribution is -2.34. The third kappa shape index (κ3) is 5.61. The number of hydrogen-bond acceptors (Lipinski definition) is 6. The molecule has 164 valence electrons. The van der Waals surface area contributed by atoms with Crippen LogP contribution >= 0.6 is 11.3 Å². The Bertz CT molecular complexity index is 996. The number of fused-ring (bicyclic) bond motifs is 1. The molecule has 1 fully saturated rings. The van der Waals surface area contributed by atoms with E-state index in [0.717, 1.165) is 58.1 Å². The van der Waals surface area contributed by atoms with Gasteiger partial charge in [-0.1, -0.05) is 12.1 Å². The third-order valence-electron chi connectivity index (χ3n) is 5.30. The van der Waals surface area contributed by atoms with Crippen LogP contribution in [0.15, 0.2) is 42.5 Å². The van der Waals surface area contributed by atoms with Gasteiger partial charge in [-0.2, -0.15) is 0 Å². The van der Waals surface area contributed by atoms with E-state index in [0.29, 0.717) is 19.8 Å². The van der Waals surface area contributed by atoms with Crippen molar-refractivity contribution in [1.82, 2.24) is 4.98 Å². The van der Waals surface area contributed by atoms with Crippen LogP contribution in [0.4, 0.5) is 5.69 Å². The van der Waals surface area contributed by atoms with Gasteiger partial charge in [-0.25, -0.2) is 4.98 Å². The van der Waals surface area contributed by atoms with E-state index in [1.807, 2.05) is 43.3 Å². The first-order chi connectivity index (χ1) is 15.1. The standard InChI is InChI=1S/C24H28N2O4S/c1-17-15-19(30-16-23-25-20-7-3-4-8-22(20)31-23)10-11-21(17)26(18(2)27)12-14-29-24-9-5-6-13-28-24/h3-4,7-8,10-11,15,24H,5-6,9,12-14,16H2,1-2H3. The molecule has 0 spiro atoms. The van der Waals surface area contributed by atoms with Crippen molar-refractivity contribution in [2.75, 3.05) is 24.7 Å². The fourth-order valence-corrected chi connectivity index (χ4v) is 4.59. The van der Waals surface area contributed by atoms with Crippen LogP contribution in [-0.2, 0) is 20.9 Å². The maximum absolute atomic E-state index is 12.3. The van der Waals surface area contributed by atoms with E-state index in [-0.39, 0.29) is 12.2 Å². The summed E-state index contributed by atoms with van der Waals surface area (Å²) in [5.41, 5.74) is 2.84. The maximum Gasteiger partial charge on any atom is 0.223 e. The molecule has 31 heavy (non-hydrogen) atoms. The molecule has 6 nitrogen and oxygen atoms in total. The van der Waals surface area contributed by atoms with Gasteiger partial charge in [-0.15, -0.1) is 11.3 Å². The Morgan fingerprint density at radius 1 is 1.26 bits per heavy atom. The lowest BCUT2D eigenvalue weighted by atomic mass is 10.1. The number of benzene rings is 2. The van der Waals surface area contributed by atoms with Crippen molar-refractivity contribution in [3.8, 4) is 5.75 Å². The van der Waals surface area contributed by atoms with Gasteiger partial charge in [-0.05, 0) is 62.1 Å². The summed E-state index contributed by atoms with van der Waals surface area (Å²) in [6, 6.07) is 13.9. The number of aryl methyl sites for hydroxylation is 1. The Hall–Kier alpha value is -2.48. The minimum Gasteiger partial charge on any atom is -0.486 e. The fraction of sp³-hybridized carbons (Fsp3) is 0.417. The summed E-state index contributed by atoms with van der Waals surface area (Å²) in [7, 11) is 0. The molecular weight excluding hydrogens is 412 g/mol. The number of rotatable bonds is 8. The van der Waals surface area contributed by atoms with Crippen molar-refractivity contribution in [1.29, 1.82) is 0 Å². The number of carbonyl (C=O) groups is 1. The van der Waals surface area contributed by atoms with Crippen LogP contribution in [0.3, 0.4) is 0 Å². The number of nitrogens with zero attached hydrogens (tertiary/aromatic N) is 2. The van der Waals surface area contributed by atoms with Crippen LogP contribution < -0.4 is 9.64 Å². The molecule has 2 heterocycles. The molecule has 1 aliphatic rings. The molecule has 0 bridgehead atoms. The van der Waals surface area contributed by atoms with Crippen molar-refractivity contribution in [2.45, 2.75) is 46.0 Å². The Morgan fingerprint density at radius 3 is 2.87 bits per heavy atom. The van der Waals surface area contributed by atoms with Crippen LogP contribution in [0.2, 0.25) is 0 Å². The lowest BCUT2D eigenvalue weighted by molar-refractivity contribution is -0.160. The van der Waals surface area contributed by atoms with Crippen LogP contribution in [0, 0.1) is 6.92 Å². The minimum absolute atomic E-state index is 0.0144. The summed E-state index contributed by atoms with van der Waals surface area (Å²) in [5.74, 6) is 0.746. The predicted molar refractivity (Wildman–Crippen MR) is 123 cm³/mol. The van der Waals surface area contributed by atoms with Crippen LogP contribution in [0.1, 0.15) is 36.8 Å². The molecule has 4 rings (SSSR count). The number of carbonyl (C=O) groups excluding carboxylic acids is 1. The SMILES string of the molecule is CC(=O)N(CCOC1CCCCO1)c1ccc(OCc2nc3ccccc3s2)cc1C. The van der Waals surface area contributed by atoms with Gasteiger partial charge in [0.05, 0.1) is 16.8 Å². The van der Waals surface area contributed by atoms with Gasteiger partial charge in [0.25, 0.3) is 0 Å². The summed E-state index contributed by atoms with van der Waals surface area (Å²) in [4.78, 5) is 18.6. The number of aromatic nitrogens is 1. The molecule has 1 unspecified atom stereocenters. The Balaban J connectivity index is 1.36. The molecule has 0 aliphatic carbocycles. The summed E-state index contributed by atoms with van der Waals surface area (Å²) in [6.45, 7) is 5.67. The van der Waals surface area contributed by atoms with Gasteiger partial charge in [0.15, 0.2) is 6.29 Å². The number of anilines is 1. The molecule has 1 saturated heterocycles. The zero-order chi connectivity index (χ0) is 21.6. The Kier molecular flexibility index (Phi) is 7.17. The van der Waals surface area contributed by atoms with Gasteiger partial charge < -0.3 is 19.1 Å².